The van der Waals surface area contributed by atoms with Gasteiger partial charge >= 0.3 is 0 Å². The van der Waals surface area contributed by atoms with E-state index in [-0.39, 0.29) is 0 Å². The first-order valence-electron chi connectivity index (χ1n) is 9.54. The SMILES string of the molecule is C[Si]1(C)C([CH]CC2C=Cc3ccccc32)C1C1C=Cc2ccccc21. The first-order chi connectivity index (χ1) is 12.2. The molecule has 5 rings (SSSR count). The summed E-state index contributed by atoms with van der Waals surface area (Å²) in [4.78, 5) is 0. The number of hydrogen-bond donors (Lipinski definition) is 0. The molecule has 1 radical (unpaired) electrons. The molecule has 0 aromatic heterocycles. The van der Waals surface area contributed by atoms with Crippen molar-refractivity contribution >= 4 is 20.2 Å². The van der Waals surface area contributed by atoms with E-state index in [9.17, 15) is 0 Å². The third-order valence-corrected chi connectivity index (χ3v) is 11.1. The maximum absolute atomic E-state index is 2.68. The molecular formula is C24H25Si. The van der Waals surface area contributed by atoms with Gasteiger partial charge in [-0.3, -0.25) is 0 Å². The fourth-order valence-corrected chi connectivity index (χ4v) is 10.0. The molecule has 0 nitrogen and oxygen atoms in total. The standard InChI is InChI=1S/C24H25Si/c1-25(2)23(16-14-19-12-11-17-7-3-5-9-20(17)19)24(25)22-15-13-18-8-4-6-10-21(18)22/h3-13,15-16,19,22-24H,14H2,1-2H3. The number of benzene rings is 2. The van der Waals surface area contributed by atoms with E-state index in [1.54, 1.807) is 5.56 Å². The highest BCUT2D eigenvalue weighted by molar-refractivity contribution is 6.91. The lowest BCUT2D eigenvalue weighted by atomic mass is 9.91. The summed E-state index contributed by atoms with van der Waals surface area (Å²) in [7, 11) is -1.15. The molecule has 0 saturated carbocycles. The first-order valence-corrected chi connectivity index (χ1v) is 12.7. The molecule has 1 heteroatoms. The molecule has 4 atom stereocenters. The molecule has 1 saturated heterocycles. The summed E-state index contributed by atoms with van der Waals surface area (Å²) in [6.45, 7) is 5.18. The Balaban J connectivity index is 1.30. The summed E-state index contributed by atoms with van der Waals surface area (Å²) in [5.41, 5.74) is 7.67. The third-order valence-electron chi connectivity index (χ3n) is 6.77. The van der Waals surface area contributed by atoms with Crippen LogP contribution in [0.4, 0.5) is 0 Å². The van der Waals surface area contributed by atoms with Crippen molar-refractivity contribution < 1.29 is 0 Å². The van der Waals surface area contributed by atoms with Crippen molar-refractivity contribution in [3.8, 4) is 0 Å². The van der Waals surface area contributed by atoms with E-state index < -0.39 is 8.07 Å². The average Bonchev–Trinajstić information content (AvgIpc) is 3.01. The molecule has 0 bridgehead atoms. The zero-order valence-corrected chi connectivity index (χ0v) is 16.0. The van der Waals surface area contributed by atoms with Gasteiger partial charge in [0, 0.05) is 11.8 Å². The van der Waals surface area contributed by atoms with E-state index in [4.69, 9.17) is 0 Å². The van der Waals surface area contributed by atoms with E-state index in [0.29, 0.717) is 11.8 Å². The third kappa shape index (κ3) is 2.40. The molecule has 2 aliphatic carbocycles. The summed E-state index contributed by atoms with van der Waals surface area (Å²) in [6.07, 6.45) is 13.4. The predicted molar refractivity (Wildman–Crippen MR) is 110 cm³/mol. The molecular weight excluding hydrogens is 316 g/mol. The first kappa shape index (κ1) is 15.4. The van der Waals surface area contributed by atoms with Crippen molar-refractivity contribution in [3.63, 3.8) is 0 Å². The maximum Gasteiger partial charge on any atom is 0.0548 e. The molecule has 2 aromatic rings. The Hall–Kier alpha value is -1.86. The maximum atomic E-state index is 2.68. The Kier molecular flexibility index (Phi) is 3.43. The van der Waals surface area contributed by atoms with Gasteiger partial charge < -0.3 is 0 Å². The minimum Gasteiger partial charge on any atom is -0.0764 e. The lowest BCUT2D eigenvalue weighted by Crippen LogP contribution is -2.07. The van der Waals surface area contributed by atoms with Crippen LogP contribution in [0.3, 0.4) is 0 Å². The minimum atomic E-state index is -1.15. The van der Waals surface area contributed by atoms with E-state index in [1.165, 1.54) is 23.1 Å². The molecule has 0 spiro atoms. The predicted octanol–water partition coefficient (Wildman–Crippen LogP) is 6.66. The molecule has 4 unspecified atom stereocenters. The highest BCUT2D eigenvalue weighted by atomic mass is 28.3. The van der Waals surface area contributed by atoms with Gasteiger partial charge in [-0.25, -0.2) is 0 Å². The van der Waals surface area contributed by atoms with Gasteiger partial charge in [0.15, 0.2) is 0 Å². The summed E-state index contributed by atoms with van der Waals surface area (Å²) in [5.74, 6) is 1.25. The zero-order chi connectivity index (χ0) is 17.0. The van der Waals surface area contributed by atoms with E-state index in [2.05, 4.69) is 92.3 Å². The Morgan fingerprint density at radius 2 is 1.48 bits per heavy atom. The van der Waals surface area contributed by atoms with Crippen molar-refractivity contribution in [2.75, 3.05) is 0 Å². The van der Waals surface area contributed by atoms with Crippen molar-refractivity contribution in [1.82, 2.24) is 0 Å². The Bertz CT molecular complexity index is 873. The number of fused-ring (bicyclic) bond motifs is 2. The van der Waals surface area contributed by atoms with Crippen molar-refractivity contribution in [1.29, 1.82) is 0 Å². The average molecular weight is 342 g/mol. The smallest absolute Gasteiger partial charge is 0.0548 e. The van der Waals surface area contributed by atoms with Crippen LogP contribution in [0, 0.1) is 6.42 Å². The molecule has 25 heavy (non-hydrogen) atoms. The largest absolute Gasteiger partial charge is 0.0764 e. The van der Waals surface area contributed by atoms with E-state index >= 15 is 0 Å². The van der Waals surface area contributed by atoms with Gasteiger partial charge in [0.25, 0.3) is 0 Å². The van der Waals surface area contributed by atoms with Crippen LogP contribution < -0.4 is 0 Å². The summed E-state index contributed by atoms with van der Waals surface area (Å²) < 4.78 is 0. The highest BCUT2D eigenvalue weighted by Gasteiger charge is 2.61. The molecule has 1 heterocycles. The van der Waals surface area contributed by atoms with Crippen LogP contribution in [0.1, 0.15) is 40.5 Å². The van der Waals surface area contributed by atoms with Gasteiger partial charge in [0.05, 0.1) is 8.07 Å². The van der Waals surface area contributed by atoms with E-state index in [1.807, 2.05) is 0 Å². The number of allylic oxidation sites excluding steroid dienone is 2. The molecule has 3 aliphatic rings. The van der Waals surface area contributed by atoms with Crippen LogP contribution >= 0.6 is 0 Å². The molecule has 1 fully saturated rings. The summed E-state index contributed by atoms with van der Waals surface area (Å²) in [5, 5.41) is 0. The number of hydrogen-bond acceptors (Lipinski definition) is 0. The normalized spacial score (nSPS) is 30.3. The molecule has 125 valence electrons. The van der Waals surface area contributed by atoms with Gasteiger partial charge in [0.2, 0.25) is 0 Å². The number of rotatable bonds is 4. The van der Waals surface area contributed by atoms with Crippen molar-refractivity contribution in [2.24, 2.45) is 0 Å². The van der Waals surface area contributed by atoms with Crippen LogP contribution in [-0.4, -0.2) is 8.07 Å². The topological polar surface area (TPSA) is 0 Å². The van der Waals surface area contributed by atoms with Crippen molar-refractivity contribution in [3.05, 3.63) is 89.4 Å². The van der Waals surface area contributed by atoms with Crippen LogP contribution in [0.2, 0.25) is 24.2 Å². The molecule has 2 aromatic carbocycles. The quantitative estimate of drug-likeness (QED) is 0.545. The van der Waals surface area contributed by atoms with Crippen LogP contribution in [0.15, 0.2) is 60.7 Å². The second-order valence-electron chi connectivity index (χ2n) is 8.45. The molecule has 1 aliphatic heterocycles. The van der Waals surface area contributed by atoms with Gasteiger partial charge in [-0.05, 0) is 46.2 Å². The van der Waals surface area contributed by atoms with E-state index in [0.717, 1.165) is 11.1 Å². The monoisotopic (exact) mass is 341 g/mol. The Morgan fingerprint density at radius 3 is 2.28 bits per heavy atom. The lowest BCUT2D eigenvalue weighted by Gasteiger charge is -2.13. The Morgan fingerprint density at radius 1 is 0.840 bits per heavy atom. The fraction of sp³-hybridized carbons (Fsp3) is 0.292. The van der Waals surface area contributed by atoms with Gasteiger partial charge in [-0.15, -0.1) is 0 Å². The summed E-state index contributed by atoms with van der Waals surface area (Å²) in [6, 6.07) is 17.8. The van der Waals surface area contributed by atoms with Gasteiger partial charge in [-0.1, -0.05) is 85.9 Å². The second kappa shape index (κ2) is 5.57. The van der Waals surface area contributed by atoms with Crippen LogP contribution in [-0.2, 0) is 0 Å². The molecule has 0 N–H and O–H groups in total. The Labute approximate surface area is 152 Å². The fourth-order valence-electron chi connectivity index (χ4n) is 5.27. The minimum absolute atomic E-state index is 0.591. The second-order valence-corrected chi connectivity index (χ2v) is 13.4. The zero-order valence-electron chi connectivity index (χ0n) is 15.0. The van der Waals surface area contributed by atoms with Crippen molar-refractivity contribution in [2.45, 2.75) is 42.4 Å². The highest BCUT2D eigenvalue weighted by Crippen LogP contribution is 2.69. The van der Waals surface area contributed by atoms with Crippen LogP contribution in [0.5, 0.6) is 0 Å². The summed E-state index contributed by atoms with van der Waals surface area (Å²) >= 11 is 0. The lowest BCUT2D eigenvalue weighted by molar-refractivity contribution is 0.757. The molecule has 0 amide bonds. The van der Waals surface area contributed by atoms with Gasteiger partial charge in [-0.2, -0.15) is 0 Å². The van der Waals surface area contributed by atoms with Crippen LogP contribution in [0.25, 0.3) is 12.2 Å². The van der Waals surface area contributed by atoms with Gasteiger partial charge in [0.1, 0.15) is 0 Å².